The molecule has 176 valence electrons. The number of nitrogens with zero attached hydrogens (tertiary/aromatic N) is 4. The zero-order valence-electron chi connectivity index (χ0n) is 20.3. The van der Waals surface area contributed by atoms with Crippen molar-refractivity contribution in [2.75, 3.05) is 20.2 Å². The third kappa shape index (κ3) is 4.98. The van der Waals surface area contributed by atoms with Gasteiger partial charge in [0.25, 0.3) is 0 Å². The predicted molar refractivity (Wildman–Crippen MR) is 136 cm³/mol. The van der Waals surface area contributed by atoms with Gasteiger partial charge in [0.05, 0.1) is 0 Å². The Morgan fingerprint density at radius 3 is 2.35 bits per heavy atom. The number of carbonyl (C=O) groups excluding carboxylic acids is 1. The van der Waals surface area contributed by atoms with Crippen molar-refractivity contribution < 1.29 is 9.53 Å². The van der Waals surface area contributed by atoms with E-state index >= 15 is 0 Å². The fraction of sp³-hybridized carbons (Fsp3) is 0.346. The normalized spacial score (nSPS) is 14.4. The van der Waals surface area contributed by atoms with Gasteiger partial charge < -0.3 is 0 Å². The van der Waals surface area contributed by atoms with Gasteiger partial charge >= 0.3 is 206 Å². The number of carbonyl (C=O) groups is 1. The minimum atomic E-state index is -2.57. The van der Waals surface area contributed by atoms with E-state index in [0.29, 0.717) is 5.69 Å². The fourth-order valence-electron chi connectivity index (χ4n) is 4.37. The Balaban J connectivity index is 1.89. The van der Waals surface area contributed by atoms with Crippen molar-refractivity contribution in [3.05, 3.63) is 59.8 Å². The van der Waals surface area contributed by atoms with Crippen molar-refractivity contribution in [2.45, 2.75) is 34.1 Å². The molecule has 0 unspecified atom stereocenters. The number of nitrogens with one attached hydrogen (secondary N) is 1. The van der Waals surface area contributed by atoms with Crippen LogP contribution < -0.4 is 13.7 Å². The predicted octanol–water partition coefficient (Wildman–Crippen LogP) is 4.10. The Morgan fingerprint density at radius 2 is 1.74 bits per heavy atom. The van der Waals surface area contributed by atoms with Crippen LogP contribution in [0.25, 0.3) is 16.9 Å². The number of piperidine rings is 1. The second-order valence-electron chi connectivity index (χ2n) is 9.58. The number of benzene rings is 2. The molecule has 2 aromatic carbocycles. The number of amides is 1. The average Bonchev–Trinajstić information content (AvgIpc) is 3.24. The zero-order chi connectivity index (χ0) is 24.3. The van der Waals surface area contributed by atoms with Gasteiger partial charge in [0, 0.05) is 0 Å². The Morgan fingerprint density at radius 1 is 1.06 bits per heavy atom. The van der Waals surface area contributed by atoms with Gasteiger partial charge in [0.15, 0.2) is 0 Å². The van der Waals surface area contributed by atoms with E-state index in [2.05, 4.69) is 32.4 Å². The number of hydrogen-bond donors (Lipinski definition) is 1. The summed E-state index contributed by atoms with van der Waals surface area (Å²) in [4.78, 5) is 20.4. The minimum absolute atomic E-state index is 0.151. The number of aromatic nitrogens is 2. The summed E-state index contributed by atoms with van der Waals surface area (Å²) in [5.41, 5.74) is 5.77. The molecule has 1 aromatic heterocycles. The van der Waals surface area contributed by atoms with Crippen LogP contribution in [0.3, 0.4) is 0 Å². The Hall–Kier alpha value is -2.83. The molecule has 1 fully saturated rings. The van der Waals surface area contributed by atoms with Crippen LogP contribution in [0.5, 0.6) is 5.75 Å². The Bertz CT molecular complexity index is 1220. The van der Waals surface area contributed by atoms with Crippen molar-refractivity contribution in [1.29, 1.82) is 5.26 Å². The second kappa shape index (κ2) is 10.2. The molecule has 0 spiro atoms. The number of hydrazine groups is 1. The summed E-state index contributed by atoms with van der Waals surface area (Å²) < 4.78 is 8.39. The first-order valence-corrected chi connectivity index (χ1v) is 21.7. The van der Waals surface area contributed by atoms with Crippen LogP contribution in [0.4, 0.5) is 0 Å². The molecule has 2 heterocycles. The standard InChI is InChI=1S/C23H22N5O2.3CH3.Sn/c1-30-19-12-10-17(11-13-19)22-20(16-24)21(23(29)26-27-14-6-3-7-15-27)25-28(22)18-8-4-2-5-9-18;;;;/h2,4-5,8,10-13H,3,6-7,14-15H2,1H3,(H,26,29);3*1H3;. The molecule has 0 atom stereocenters. The van der Waals surface area contributed by atoms with Gasteiger partial charge in [-0.25, -0.2) is 0 Å². The summed E-state index contributed by atoms with van der Waals surface area (Å²) in [5.74, 6) is 0.381. The van der Waals surface area contributed by atoms with Gasteiger partial charge in [-0.15, -0.1) is 0 Å². The molecule has 3 aromatic rings. The fourth-order valence-corrected chi connectivity index (χ4v) is 8.80. The van der Waals surface area contributed by atoms with E-state index in [4.69, 9.17) is 9.84 Å². The number of para-hydroxylation sites is 1. The second-order valence-corrected chi connectivity index (χ2v) is 24.0. The number of hydrogen-bond acceptors (Lipinski definition) is 5. The maximum absolute atomic E-state index is 13.3. The summed E-state index contributed by atoms with van der Waals surface area (Å²) in [6.07, 6.45) is 3.26. The van der Waals surface area contributed by atoms with Crippen molar-refractivity contribution in [1.82, 2.24) is 20.2 Å². The van der Waals surface area contributed by atoms with Crippen LogP contribution in [0.2, 0.25) is 14.8 Å². The molecule has 4 rings (SSSR count). The van der Waals surface area contributed by atoms with Crippen LogP contribution in [-0.4, -0.2) is 59.3 Å². The SMILES string of the molecule is COc1ccc(-c2c(C#N)c(C(=O)NN3CCCCC3)nn2-c2cccc[c]2[Sn]([CH3])([CH3])[CH3])cc1. The van der Waals surface area contributed by atoms with Gasteiger partial charge in [0.1, 0.15) is 0 Å². The van der Waals surface area contributed by atoms with Gasteiger partial charge in [-0.05, 0) is 0 Å². The van der Waals surface area contributed by atoms with E-state index in [1.165, 1.54) is 10.0 Å². The van der Waals surface area contributed by atoms with Crippen molar-refractivity contribution in [2.24, 2.45) is 0 Å². The molecule has 0 bridgehead atoms. The van der Waals surface area contributed by atoms with E-state index in [-0.39, 0.29) is 17.2 Å². The quantitative estimate of drug-likeness (QED) is 0.457. The summed E-state index contributed by atoms with van der Waals surface area (Å²) >= 11 is -2.57. The first kappa shape index (κ1) is 24.3. The van der Waals surface area contributed by atoms with Gasteiger partial charge in [-0.1, -0.05) is 0 Å². The molecule has 1 aliphatic heterocycles. The first-order chi connectivity index (χ1) is 16.3. The molecule has 1 N–H and O–H groups in total. The molecule has 8 heteroatoms. The van der Waals surface area contributed by atoms with E-state index in [1.54, 1.807) is 11.8 Å². The van der Waals surface area contributed by atoms with Crippen LogP contribution >= 0.6 is 0 Å². The third-order valence-corrected chi connectivity index (χ3v) is 12.0. The topological polar surface area (TPSA) is 83.2 Å². The number of rotatable bonds is 6. The number of ether oxygens (including phenoxy) is 1. The van der Waals surface area contributed by atoms with Crippen molar-refractivity contribution in [3.8, 4) is 28.8 Å². The van der Waals surface area contributed by atoms with Crippen LogP contribution in [0.15, 0.2) is 48.5 Å². The van der Waals surface area contributed by atoms with Gasteiger partial charge in [-0.2, -0.15) is 0 Å². The van der Waals surface area contributed by atoms with Gasteiger partial charge in [-0.3, -0.25) is 0 Å². The molecule has 0 saturated carbocycles. The molecule has 0 aliphatic carbocycles. The molecule has 34 heavy (non-hydrogen) atoms. The number of methoxy groups -OCH3 is 1. The maximum atomic E-state index is 13.3. The molecule has 1 amide bonds. The van der Waals surface area contributed by atoms with Gasteiger partial charge in [0.2, 0.25) is 0 Å². The third-order valence-electron chi connectivity index (χ3n) is 6.13. The Kier molecular flexibility index (Phi) is 7.29. The summed E-state index contributed by atoms with van der Waals surface area (Å²) in [6, 6.07) is 18.0. The molecule has 1 aliphatic rings. The summed E-state index contributed by atoms with van der Waals surface area (Å²) in [7, 11) is 1.62. The molecule has 0 radical (unpaired) electrons. The molecule has 1 saturated heterocycles. The van der Waals surface area contributed by atoms with Crippen LogP contribution in [0, 0.1) is 11.3 Å². The molecule has 7 nitrogen and oxygen atoms in total. The number of nitriles is 1. The average molecular weight is 564 g/mol. The first-order valence-electron chi connectivity index (χ1n) is 11.7. The molecular weight excluding hydrogens is 533 g/mol. The van der Waals surface area contributed by atoms with E-state index < -0.39 is 18.4 Å². The zero-order valence-corrected chi connectivity index (χ0v) is 23.1. The monoisotopic (exact) mass is 565 g/mol. The molecular formula is C26H31N5O2Sn. The van der Waals surface area contributed by atoms with Crippen molar-refractivity contribution in [3.63, 3.8) is 0 Å². The summed E-state index contributed by atoms with van der Waals surface area (Å²) in [6.45, 7) is 1.61. The Labute approximate surface area is 205 Å². The van der Waals surface area contributed by atoms with Crippen LogP contribution in [-0.2, 0) is 0 Å². The van der Waals surface area contributed by atoms with E-state index in [1.807, 2.05) is 47.5 Å². The van der Waals surface area contributed by atoms with E-state index in [0.717, 1.165) is 42.9 Å². The van der Waals surface area contributed by atoms with Crippen LogP contribution in [0.1, 0.15) is 35.3 Å². The van der Waals surface area contributed by atoms with E-state index in [9.17, 15) is 10.1 Å². The van der Waals surface area contributed by atoms with Crippen molar-refractivity contribution >= 4 is 27.9 Å². The summed E-state index contributed by atoms with van der Waals surface area (Å²) in [5, 5.41) is 16.9.